The highest BCUT2D eigenvalue weighted by atomic mass is 19.1. The van der Waals surface area contributed by atoms with Crippen LogP contribution in [0, 0.1) is 22.7 Å². The number of Topliss-reactive ketones (excluding diaryl/α,β-unsaturated/α-hetero) is 1. The third-order valence-electron chi connectivity index (χ3n) is 10.1. The van der Waals surface area contributed by atoms with Crippen molar-refractivity contribution in [3.05, 3.63) is 11.6 Å². The Morgan fingerprint density at radius 3 is 2.61 bits per heavy atom. The van der Waals surface area contributed by atoms with Crippen molar-refractivity contribution in [3.8, 4) is 0 Å². The second-order valence-corrected chi connectivity index (χ2v) is 11.7. The number of allylic oxidation sites excluding steroid dienone is 1. The average Bonchev–Trinajstić information content (AvgIpc) is 3.13. The Hall–Kier alpha value is -1.64. The van der Waals surface area contributed by atoms with Gasteiger partial charge in [0.15, 0.2) is 12.4 Å². The number of rotatable bonds is 9. The van der Waals surface area contributed by atoms with Gasteiger partial charge in [-0.3, -0.25) is 14.4 Å². The molecular formula is C28H41FO7. The second kappa shape index (κ2) is 9.91. The van der Waals surface area contributed by atoms with Crippen LogP contribution in [0.1, 0.15) is 85.0 Å². The first kappa shape index (κ1) is 27.4. The van der Waals surface area contributed by atoms with Gasteiger partial charge in [-0.25, -0.2) is 4.39 Å². The molecule has 0 aliphatic heterocycles. The fourth-order valence-corrected chi connectivity index (χ4v) is 8.15. The first-order valence-electron chi connectivity index (χ1n) is 13.4. The zero-order valence-corrected chi connectivity index (χ0v) is 22.1. The van der Waals surface area contributed by atoms with E-state index >= 15 is 4.39 Å². The minimum Gasteiger partial charge on any atom is -0.458 e. The lowest BCUT2D eigenvalue weighted by Crippen LogP contribution is -2.70. The van der Waals surface area contributed by atoms with Crippen LogP contribution in [0.25, 0.3) is 0 Å². The summed E-state index contributed by atoms with van der Waals surface area (Å²) >= 11 is 0. The molecule has 0 saturated heterocycles. The molecule has 8 heteroatoms. The monoisotopic (exact) mass is 508 g/mol. The first-order valence-corrected chi connectivity index (χ1v) is 13.4. The molecule has 0 heterocycles. The number of carbonyl (C=O) groups is 3. The summed E-state index contributed by atoms with van der Waals surface area (Å²) in [7, 11) is 1.47. The molecule has 4 rings (SSSR count). The Morgan fingerprint density at radius 2 is 1.92 bits per heavy atom. The van der Waals surface area contributed by atoms with E-state index in [0.29, 0.717) is 38.5 Å². The van der Waals surface area contributed by atoms with E-state index < -0.39 is 46.7 Å². The van der Waals surface area contributed by atoms with E-state index in [1.807, 2.05) is 20.8 Å². The number of aliphatic hydroxyl groups is 1. The van der Waals surface area contributed by atoms with Gasteiger partial charge in [0.05, 0.1) is 6.10 Å². The lowest BCUT2D eigenvalue weighted by molar-refractivity contribution is -0.244. The smallest absolute Gasteiger partial charge is 0.306 e. The van der Waals surface area contributed by atoms with Crippen LogP contribution in [0.3, 0.4) is 0 Å². The van der Waals surface area contributed by atoms with Crippen molar-refractivity contribution < 1.29 is 38.1 Å². The van der Waals surface area contributed by atoms with Gasteiger partial charge in [0.25, 0.3) is 0 Å². The zero-order valence-electron chi connectivity index (χ0n) is 22.1. The third kappa shape index (κ3) is 3.90. The molecule has 36 heavy (non-hydrogen) atoms. The maximum Gasteiger partial charge on any atom is 0.306 e. The van der Waals surface area contributed by atoms with Gasteiger partial charge in [-0.2, -0.15) is 0 Å². The maximum absolute atomic E-state index is 17.3. The number of methoxy groups -OCH3 is 1. The molecule has 7 atom stereocenters. The van der Waals surface area contributed by atoms with Crippen LogP contribution in [-0.4, -0.2) is 60.5 Å². The number of carbonyl (C=O) groups excluding carboxylic acids is 3. The van der Waals surface area contributed by atoms with Crippen LogP contribution in [0.15, 0.2) is 11.6 Å². The second-order valence-electron chi connectivity index (χ2n) is 11.7. The molecule has 0 aromatic rings. The number of hydrogen-bond acceptors (Lipinski definition) is 7. The summed E-state index contributed by atoms with van der Waals surface area (Å²) in [5.74, 6) is -1.46. The van der Waals surface area contributed by atoms with Crippen molar-refractivity contribution in [1.29, 1.82) is 0 Å². The molecule has 202 valence electrons. The van der Waals surface area contributed by atoms with Crippen LogP contribution in [0.2, 0.25) is 0 Å². The van der Waals surface area contributed by atoms with Gasteiger partial charge in [-0.05, 0) is 56.9 Å². The summed E-state index contributed by atoms with van der Waals surface area (Å²) in [5.41, 5.74) is -4.22. The lowest BCUT2D eigenvalue weighted by Gasteiger charge is -2.63. The van der Waals surface area contributed by atoms with Gasteiger partial charge in [0.1, 0.15) is 18.1 Å². The average molecular weight is 509 g/mol. The van der Waals surface area contributed by atoms with E-state index in [4.69, 9.17) is 14.2 Å². The number of hydrogen-bond donors (Lipinski definition) is 1. The normalized spacial score (nSPS) is 41.7. The minimum absolute atomic E-state index is 0.0200. The van der Waals surface area contributed by atoms with Crippen molar-refractivity contribution in [2.24, 2.45) is 22.7 Å². The molecule has 3 fully saturated rings. The van der Waals surface area contributed by atoms with Gasteiger partial charge in [0.2, 0.25) is 5.78 Å². The van der Waals surface area contributed by atoms with Crippen molar-refractivity contribution in [3.63, 3.8) is 0 Å². The topological polar surface area (TPSA) is 99.1 Å². The van der Waals surface area contributed by atoms with E-state index in [9.17, 15) is 19.5 Å². The zero-order chi connectivity index (χ0) is 26.4. The molecule has 0 spiro atoms. The number of unbranched alkanes of at least 4 members (excludes halogenated alkanes) is 1. The van der Waals surface area contributed by atoms with Crippen LogP contribution < -0.4 is 0 Å². The van der Waals surface area contributed by atoms with Gasteiger partial charge >= 0.3 is 5.97 Å². The van der Waals surface area contributed by atoms with Crippen LogP contribution in [0.5, 0.6) is 0 Å². The molecule has 1 N–H and O–H groups in total. The highest BCUT2D eigenvalue weighted by Gasteiger charge is 2.75. The number of ether oxygens (including phenoxy) is 3. The molecule has 7 nitrogen and oxygen atoms in total. The SMILES string of the molecule is CCCCC(=O)OCC(=O)[C@@]1(OCOC)CC[C@H]2[C@@H]3CCC4=CC(=O)CC[C@]4(C)[C@@]3(F)[C@@H](O)C[C@@]21C. The van der Waals surface area contributed by atoms with E-state index in [1.54, 1.807) is 6.08 Å². The molecule has 0 aromatic heterocycles. The fraction of sp³-hybridized carbons (Fsp3) is 0.821. The molecule has 4 aliphatic rings. The first-order chi connectivity index (χ1) is 17.0. The van der Waals surface area contributed by atoms with Gasteiger partial charge in [-0.1, -0.05) is 32.8 Å². The number of fused-ring (bicyclic) bond motifs is 5. The van der Waals surface area contributed by atoms with E-state index in [2.05, 4.69) is 0 Å². The molecular weight excluding hydrogens is 467 g/mol. The minimum atomic E-state index is -1.89. The molecule has 0 aromatic carbocycles. The largest absolute Gasteiger partial charge is 0.458 e. The quantitative estimate of drug-likeness (QED) is 0.367. The Kier molecular flexibility index (Phi) is 7.54. The standard InChI is InChI=1S/C28H41FO7/c1-5-6-7-24(33)35-16-23(32)27(36-17-34-4)13-11-20-21-9-8-18-14-19(30)10-12-25(18,2)28(21,29)22(31)15-26(20,27)3/h14,20-22,31H,5-13,15-17H2,1-4H3/t20-,21-,22-,25-,26-,27-,28-/m0/s1. The Morgan fingerprint density at radius 1 is 1.17 bits per heavy atom. The van der Waals surface area contributed by atoms with E-state index in [0.717, 1.165) is 12.0 Å². The van der Waals surface area contributed by atoms with Crippen LogP contribution >= 0.6 is 0 Å². The van der Waals surface area contributed by atoms with Crippen molar-refractivity contribution >= 4 is 17.5 Å². The lowest BCUT2D eigenvalue weighted by atomic mass is 9.44. The summed E-state index contributed by atoms with van der Waals surface area (Å²) in [6, 6.07) is 0. The van der Waals surface area contributed by atoms with E-state index in [-0.39, 0.29) is 43.5 Å². The number of ketones is 2. The maximum atomic E-state index is 17.3. The summed E-state index contributed by atoms with van der Waals surface area (Å²) in [4.78, 5) is 37.9. The van der Waals surface area contributed by atoms with Gasteiger partial charge in [0, 0.05) is 36.7 Å². The number of esters is 1. The molecule has 0 unspecified atom stereocenters. The summed E-state index contributed by atoms with van der Waals surface area (Å²) in [6.45, 7) is 5.20. The highest BCUT2D eigenvalue weighted by Crippen LogP contribution is 2.70. The Balaban J connectivity index is 1.66. The molecule has 0 radical (unpaired) electrons. The number of aliphatic hydroxyl groups excluding tert-OH is 1. The van der Waals surface area contributed by atoms with Gasteiger partial charge in [-0.15, -0.1) is 0 Å². The van der Waals surface area contributed by atoms with Crippen LogP contribution in [0.4, 0.5) is 4.39 Å². The number of alkyl halides is 1. The van der Waals surface area contributed by atoms with Crippen molar-refractivity contribution in [2.75, 3.05) is 20.5 Å². The molecule has 3 saturated carbocycles. The molecule has 4 aliphatic carbocycles. The summed E-state index contributed by atoms with van der Waals surface area (Å²) in [5, 5.41) is 11.5. The fourth-order valence-electron chi connectivity index (χ4n) is 8.15. The Bertz CT molecular complexity index is 933. The predicted molar refractivity (Wildman–Crippen MR) is 130 cm³/mol. The summed E-state index contributed by atoms with van der Waals surface area (Å²) in [6.07, 6.45) is 4.76. The highest BCUT2D eigenvalue weighted by molar-refractivity contribution is 5.92. The predicted octanol–water partition coefficient (Wildman–Crippen LogP) is 4.24. The van der Waals surface area contributed by atoms with E-state index in [1.165, 1.54) is 7.11 Å². The van der Waals surface area contributed by atoms with Crippen molar-refractivity contribution in [2.45, 2.75) is 102 Å². The Labute approximate surface area is 213 Å². The van der Waals surface area contributed by atoms with Crippen molar-refractivity contribution in [1.82, 2.24) is 0 Å². The van der Waals surface area contributed by atoms with Gasteiger partial charge < -0.3 is 19.3 Å². The number of halogens is 1. The summed E-state index contributed by atoms with van der Waals surface area (Å²) < 4.78 is 34.0. The molecule has 0 bridgehead atoms. The molecule has 0 amide bonds. The van der Waals surface area contributed by atoms with Crippen LogP contribution in [-0.2, 0) is 28.6 Å². The third-order valence-corrected chi connectivity index (χ3v) is 10.1.